The van der Waals surface area contributed by atoms with E-state index in [-0.39, 0.29) is 30.4 Å². The standard InChI is InChI=1S/C28H28N2O3.C3H7I.C2H6/c31-27(30-24(20-33-28(30)32)16-21-10-4-1-5-11-21)26-19-29(17-22-12-6-2-7-13-22)18-25(26)23-14-8-3-9-15-23;1-3(2)4;1-2/h1-15,24-26H,16-20H2;3H,1-2H3;1-2H3/t24-,25?,26-;;/m0../s1. The van der Waals surface area contributed by atoms with E-state index in [1.54, 1.807) is 0 Å². The molecule has 3 aromatic rings. The van der Waals surface area contributed by atoms with E-state index in [0.717, 1.165) is 28.1 Å². The maximum absolute atomic E-state index is 13.8. The van der Waals surface area contributed by atoms with Gasteiger partial charge in [0.15, 0.2) is 0 Å². The zero-order chi connectivity index (χ0) is 28.2. The molecular formula is C33H41IN2O3. The predicted octanol–water partition coefficient (Wildman–Crippen LogP) is 7.35. The summed E-state index contributed by atoms with van der Waals surface area (Å²) in [7, 11) is 0. The first-order chi connectivity index (χ1) is 18.9. The number of carbonyl (C=O) groups is 2. The van der Waals surface area contributed by atoms with Gasteiger partial charge in [-0.15, -0.1) is 0 Å². The van der Waals surface area contributed by atoms with E-state index in [1.807, 2.05) is 80.6 Å². The van der Waals surface area contributed by atoms with Crippen molar-refractivity contribution in [3.63, 3.8) is 0 Å². The van der Waals surface area contributed by atoms with E-state index in [4.69, 9.17) is 4.74 Å². The number of amides is 2. The molecule has 2 fully saturated rings. The fraction of sp³-hybridized carbons (Fsp3) is 0.394. The van der Waals surface area contributed by atoms with Crippen molar-refractivity contribution in [2.45, 2.75) is 56.5 Å². The molecule has 0 aliphatic carbocycles. The average molecular weight is 641 g/mol. The zero-order valence-electron chi connectivity index (χ0n) is 23.5. The number of nitrogens with zero attached hydrogens (tertiary/aromatic N) is 2. The third kappa shape index (κ3) is 8.90. The largest absolute Gasteiger partial charge is 0.447 e. The van der Waals surface area contributed by atoms with Gasteiger partial charge in [-0.25, -0.2) is 9.69 Å². The third-order valence-corrected chi connectivity index (χ3v) is 6.70. The van der Waals surface area contributed by atoms with Crippen molar-refractivity contribution in [3.8, 4) is 0 Å². The topological polar surface area (TPSA) is 49.9 Å². The van der Waals surface area contributed by atoms with Crippen LogP contribution >= 0.6 is 22.6 Å². The van der Waals surface area contributed by atoms with Crippen molar-refractivity contribution < 1.29 is 14.3 Å². The molecule has 3 atom stereocenters. The second-order valence-electron chi connectivity index (χ2n) is 9.95. The number of hydrogen-bond donors (Lipinski definition) is 0. The van der Waals surface area contributed by atoms with Gasteiger partial charge in [0.2, 0.25) is 5.91 Å². The molecule has 0 N–H and O–H groups in total. The highest BCUT2D eigenvalue weighted by atomic mass is 127. The number of hydrogen-bond acceptors (Lipinski definition) is 4. The summed E-state index contributed by atoms with van der Waals surface area (Å²) in [6, 6.07) is 30.2. The van der Waals surface area contributed by atoms with Gasteiger partial charge in [0.25, 0.3) is 0 Å². The van der Waals surface area contributed by atoms with Crippen LogP contribution in [0.15, 0.2) is 91.0 Å². The molecule has 5 nitrogen and oxygen atoms in total. The minimum absolute atomic E-state index is 0.0354. The third-order valence-electron chi connectivity index (χ3n) is 6.70. The number of benzene rings is 3. The van der Waals surface area contributed by atoms with Gasteiger partial charge in [-0.2, -0.15) is 0 Å². The molecule has 2 saturated heterocycles. The summed E-state index contributed by atoms with van der Waals surface area (Å²) in [5, 5.41) is 0. The Balaban J connectivity index is 0.000000644. The highest BCUT2D eigenvalue weighted by molar-refractivity contribution is 14.1. The fourth-order valence-electron chi connectivity index (χ4n) is 5.09. The summed E-state index contributed by atoms with van der Waals surface area (Å²) in [4.78, 5) is 30.2. The summed E-state index contributed by atoms with van der Waals surface area (Å²) in [5.74, 6) is -0.379. The predicted molar refractivity (Wildman–Crippen MR) is 167 cm³/mol. The SMILES string of the molecule is CC.CC(C)I.O=C1OC[C@H](Cc2ccccc2)N1C(=O)[C@H]1CN(Cc2ccccc2)CC1c1ccccc1. The molecule has 208 valence electrons. The van der Waals surface area contributed by atoms with Crippen LogP contribution in [0.25, 0.3) is 0 Å². The number of imide groups is 1. The first kappa shape index (κ1) is 30.8. The van der Waals surface area contributed by atoms with Crippen LogP contribution in [0.1, 0.15) is 50.3 Å². The number of rotatable bonds is 6. The van der Waals surface area contributed by atoms with Crippen LogP contribution in [0.3, 0.4) is 0 Å². The number of cyclic esters (lactones) is 1. The van der Waals surface area contributed by atoms with Crippen molar-refractivity contribution in [3.05, 3.63) is 108 Å². The van der Waals surface area contributed by atoms with E-state index in [0.29, 0.717) is 13.0 Å². The van der Waals surface area contributed by atoms with Gasteiger partial charge in [-0.3, -0.25) is 9.69 Å². The molecule has 3 aromatic carbocycles. The smallest absolute Gasteiger partial charge is 0.416 e. The molecule has 2 aliphatic rings. The average Bonchev–Trinajstić information content (AvgIpc) is 3.54. The first-order valence-electron chi connectivity index (χ1n) is 13.9. The van der Waals surface area contributed by atoms with Crippen LogP contribution < -0.4 is 0 Å². The summed E-state index contributed by atoms with van der Waals surface area (Å²) in [5.41, 5.74) is 3.45. The Bertz CT molecular complexity index is 1140. The lowest BCUT2D eigenvalue weighted by Crippen LogP contribution is -2.45. The lowest BCUT2D eigenvalue weighted by molar-refractivity contribution is -0.133. The van der Waals surface area contributed by atoms with Crippen molar-refractivity contribution in [2.75, 3.05) is 19.7 Å². The normalized spacial score (nSPS) is 20.5. The molecule has 0 aromatic heterocycles. The summed E-state index contributed by atoms with van der Waals surface area (Å²) in [6.45, 7) is 10.7. The van der Waals surface area contributed by atoms with Gasteiger partial charge < -0.3 is 4.74 Å². The summed E-state index contributed by atoms with van der Waals surface area (Å²) < 4.78 is 6.15. The van der Waals surface area contributed by atoms with E-state index >= 15 is 0 Å². The molecular weight excluding hydrogens is 599 g/mol. The molecule has 2 amide bonds. The Hall–Kier alpha value is -2.71. The minimum Gasteiger partial charge on any atom is -0.447 e. The van der Waals surface area contributed by atoms with E-state index in [9.17, 15) is 9.59 Å². The molecule has 5 rings (SSSR count). The number of ether oxygens (including phenoxy) is 1. The van der Waals surface area contributed by atoms with Crippen molar-refractivity contribution in [1.29, 1.82) is 0 Å². The Morgan fingerprint density at radius 1 is 0.872 bits per heavy atom. The van der Waals surface area contributed by atoms with Crippen molar-refractivity contribution in [2.24, 2.45) is 5.92 Å². The lowest BCUT2D eigenvalue weighted by Gasteiger charge is -2.26. The number of alkyl halides is 1. The zero-order valence-corrected chi connectivity index (χ0v) is 25.7. The molecule has 6 heteroatoms. The first-order valence-corrected chi connectivity index (χ1v) is 15.2. The van der Waals surface area contributed by atoms with Gasteiger partial charge in [0, 0.05) is 29.5 Å². The molecule has 0 bridgehead atoms. The van der Waals surface area contributed by atoms with Crippen LogP contribution in [0.5, 0.6) is 0 Å². The summed E-state index contributed by atoms with van der Waals surface area (Å²) >= 11 is 2.34. The molecule has 0 radical (unpaired) electrons. The molecule has 2 heterocycles. The highest BCUT2D eigenvalue weighted by Gasteiger charge is 2.46. The molecule has 0 saturated carbocycles. The van der Waals surface area contributed by atoms with E-state index in [1.165, 1.54) is 10.5 Å². The second-order valence-corrected chi connectivity index (χ2v) is 12.4. The Morgan fingerprint density at radius 3 is 1.95 bits per heavy atom. The maximum atomic E-state index is 13.8. The lowest BCUT2D eigenvalue weighted by atomic mass is 9.87. The van der Waals surface area contributed by atoms with E-state index in [2.05, 4.69) is 65.6 Å². The number of halogens is 1. The van der Waals surface area contributed by atoms with Crippen molar-refractivity contribution in [1.82, 2.24) is 9.80 Å². The molecule has 0 spiro atoms. The quantitative estimate of drug-likeness (QED) is 0.209. The van der Waals surface area contributed by atoms with Gasteiger partial charge in [0.05, 0.1) is 12.0 Å². The Labute approximate surface area is 247 Å². The van der Waals surface area contributed by atoms with E-state index < -0.39 is 6.09 Å². The molecule has 39 heavy (non-hydrogen) atoms. The van der Waals surface area contributed by atoms with Gasteiger partial charge in [-0.05, 0) is 23.1 Å². The fourth-order valence-corrected chi connectivity index (χ4v) is 5.09. The Morgan fingerprint density at radius 2 is 1.38 bits per heavy atom. The number of carbonyl (C=O) groups excluding carboxylic acids is 2. The van der Waals surface area contributed by atoms with Crippen LogP contribution in [-0.2, 0) is 22.5 Å². The highest BCUT2D eigenvalue weighted by Crippen LogP contribution is 2.36. The second kappa shape index (κ2) is 15.8. The van der Waals surface area contributed by atoms with Gasteiger partial charge in [0.1, 0.15) is 6.61 Å². The van der Waals surface area contributed by atoms with Crippen LogP contribution in [0.2, 0.25) is 0 Å². The molecule has 2 aliphatic heterocycles. The summed E-state index contributed by atoms with van der Waals surface area (Å²) in [6.07, 6.45) is 0.0867. The Kier molecular flexibility index (Phi) is 12.5. The maximum Gasteiger partial charge on any atom is 0.416 e. The van der Waals surface area contributed by atoms with Gasteiger partial charge >= 0.3 is 6.09 Å². The van der Waals surface area contributed by atoms with Crippen molar-refractivity contribution >= 4 is 34.6 Å². The van der Waals surface area contributed by atoms with Gasteiger partial charge in [-0.1, -0.05) is 141 Å². The van der Waals surface area contributed by atoms with Crippen LogP contribution in [-0.4, -0.2) is 51.5 Å². The minimum atomic E-state index is -0.519. The van der Waals surface area contributed by atoms with Crippen LogP contribution in [0, 0.1) is 5.92 Å². The molecule has 1 unspecified atom stereocenters. The van der Waals surface area contributed by atoms with Crippen LogP contribution in [0.4, 0.5) is 4.79 Å². The number of likely N-dealkylation sites (tertiary alicyclic amines) is 1. The monoisotopic (exact) mass is 640 g/mol.